The summed E-state index contributed by atoms with van der Waals surface area (Å²) in [6.07, 6.45) is 3.66. The summed E-state index contributed by atoms with van der Waals surface area (Å²) >= 11 is 1.28. The molecule has 5 heterocycles. The number of carbonyl (C=O) groups is 2. The van der Waals surface area contributed by atoms with Gasteiger partial charge in [0.2, 0.25) is 5.91 Å². The van der Waals surface area contributed by atoms with E-state index in [-0.39, 0.29) is 28.8 Å². The van der Waals surface area contributed by atoms with Gasteiger partial charge in [0.25, 0.3) is 12.3 Å². The van der Waals surface area contributed by atoms with E-state index >= 15 is 0 Å². The number of fused-ring (bicyclic) bond motifs is 1. The first-order valence-corrected chi connectivity index (χ1v) is 14.0. The third-order valence-electron chi connectivity index (χ3n) is 7.29. The van der Waals surface area contributed by atoms with Crippen LogP contribution < -0.4 is 20.4 Å². The topological polar surface area (TPSA) is 112 Å². The standard InChI is InChI=1S/C27H27F2N7O3S/c1-39-21-14-30-19(24(28)29)11-17(21)16-12-22(36-10-9-35-8-2-3-20(35)26(36)38)31-13-18(16)25(37)32-27-34-33-23(40-27)7-6-15-4-5-15/h11-15,20,24,27,34H,2-5,8-10H2,1H3,(H,32,37). The summed E-state index contributed by atoms with van der Waals surface area (Å²) in [5, 5.41) is 7.61. The molecule has 3 fully saturated rings. The summed E-state index contributed by atoms with van der Waals surface area (Å²) in [7, 11) is 1.40. The van der Waals surface area contributed by atoms with E-state index in [4.69, 9.17) is 4.74 Å². The number of ether oxygens (including phenoxy) is 1. The molecular formula is C27H27F2N7O3S. The van der Waals surface area contributed by atoms with Crippen molar-refractivity contribution >= 4 is 34.4 Å². The molecule has 0 radical (unpaired) electrons. The predicted molar refractivity (Wildman–Crippen MR) is 146 cm³/mol. The number of hydrogen-bond donors (Lipinski definition) is 2. The lowest BCUT2D eigenvalue weighted by molar-refractivity contribution is -0.124. The molecule has 208 valence electrons. The van der Waals surface area contributed by atoms with Crippen LogP contribution in [0, 0.1) is 17.8 Å². The van der Waals surface area contributed by atoms with Gasteiger partial charge in [0.05, 0.1) is 24.9 Å². The molecule has 2 amide bonds. The molecule has 3 aliphatic heterocycles. The van der Waals surface area contributed by atoms with Crippen molar-refractivity contribution in [2.45, 2.75) is 43.6 Å². The van der Waals surface area contributed by atoms with Crippen molar-refractivity contribution in [2.75, 3.05) is 31.6 Å². The molecular weight excluding hydrogens is 540 g/mol. The van der Waals surface area contributed by atoms with Crippen LogP contribution in [0.3, 0.4) is 0 Å². The average molecular weight is 568 g/mol. The summed E-state index contributed by atoms with van der Waals surface area (Å²) < 4.78 is 32.7. The van der Waals surface area contributed by atoms with E-state index in [1.54, 1.807) is 11.0 Å². The van der Waals surface area contributed by atoms with E-state index in [1.165, 1.54) is 37.3 Å². The van der Waals surface area contributed by atoms with E-state index < -0.39 is 23.5 Å². The lowest BCUT2D eigenvalue weighted by Gasteiger charge is -2.36. The molecule has 2 atom stereocenters. The second-order valence-electron chi connectivity index (χ2n) is 9.94. The molecule has 4 aliphatic rings. The van der Waals surface area contributed by atoms with Crippen LogP contribution in [0.15, 0.2) is 29.6 Å². The number of anilines is 1. The molecule has 0 bridgehead atoms. The Morgan fingerprint density at radius 3 is 2.80 bits per heavy atom. The highest BCUT2D eigenvalue weighted by molar-refractivity contribution is 8.15. The first-order chi connectivity index (χ1) is 19.4. The van der Waals surface area contributed by atoms with E-state index in [9.17, 15) is 18.4 Å². The van der Waals surface area contributed by atoms with Crippen LogP contribution in [0.5, 0.6) is 5.75 Å². The number of hydrazone groups is 1. The van der Waals surface area contributed by atoms with Gasteiger partial charge in [-0.2, -0.15) is 5.10 Å². The Bertz CT molecular complexity index is 1440. The third kappa shape index (κ3) is 5.33. The highest BCUT2D eigenvalue weighted by Gasteiger charge is 2.39. The van der Waals surface area contributed by atoms with Crippen LogP contribution in [0.4, 0.5) is 14.6 Å². The smallest absolute Gasteiger partial charge is 0.280 e. The minimum absolute atomic E-state index is 0.0575. The number of alkyl halides is 2. The molecule has 40 heavy (non-hydrogen) atoms. The molecule has 2 N–H and O–H groups in total. The van der Waals surface area contributed by atoms with Crippen molar-refractivity contribution in [1.82, 2.24) is 25.6 Å². The van der Waals surface area contributed by atoms with Crippen LogP contribution in [0.25, 0.3) is 11.1 Å². The van der Waals surface area contributed by atoms with Gasteiger partial charge in [-0.25, -0.2) is 13.8 Å². The zero-order valence-electron chi connectivity index (χ0n) is 21.7. The van der Waals surface area contributed by atoms with Gasteiger partial charge in [-0.1, -0.05) is 5.92 Å². The molecule has 0 spiro atoms. The van der Waals surface area contributed by atoms with Crippen LogP contribution in [-0.4, -0.2) is 70.0 Å². The maximum absolute atomic E-state index is 13.6. The minimum Gasteiger partial charge on any atom is -0.494 e. The fourth-order valence-corrected chi connectivity index (χ4v) is 5.77. The summed E-state index contributed by atoms with van der Waals surface area (Å²) in [5.41, 5.74) is 2.48. The number of carbonyl (C=O) groups excluding carboxylic acids is 2. The van der Waals surface area contributed by atoms with E-state index in [0.29, 0.717) is 35.4 Å². The van der Waals surface area contributed by atoms with Gasteiger partial charge < -0.3 is 10.1 Å². The van der Waals surface area contributed by atoms with Crippen LogP contribution >= 0.6 is 11.8 Å². The first-order valence-electron chi connectivity index (χ1n) is 13.1. The number of amides is 2. The fraction of sp³-hybridized carbons (Fsp3) is 0.444. The predicted octanol–water partition coefficient (Wildman–Crippen LogP) is 2.98. The van der Waals surface area contributed by atoms with Gasteiger partial charge in [0.15, 0.2) is 10.5 Å². The van der Waals surface area contributed by atoms with Crippen molar-refractivity contribution < 1.29 is 23.1 Å². The number of methoxy groups -OCH3 is 1. The van der Waals surface area contributed by atoms with Crippen molar-refractivity contribution in [3.8, 4) is 28.7 Å². The van der Waals surface area contributed by atoms with Crippen LogP contribution in [0.2, 0.25) is 0 Å². The molecule has 2 aromatic heterocycles. The summed E-state index contributed by atoms with van der Waals surface area (Å²) in [6.45, 7) is 2.03. The SMILES string of the molecule is COc1cnc(C(F)F)cc1-c1cc(N2CCN3CCCC3C2=O)ncc1C(=O)NC1NN=C(C#CC2CC2)S1. The Kier molecular flexibility index (Phi) is 7.29. The number of rotatable bonds is 6. The van der Waals surface area contributed by atoms with Crippen LogP contribution in [0.1, 0.15) is 48.2 Å². The number of hydrogen-bond acceptors (Lipinski definition) is 9. The van der Waals surface area contributed by atoms with E-state index in [0.717, 1.165) is 32.2 Å². The van der Waals surface area contributed by atoms with Crippen molar-refractivity contribution in [2.24, 2.45) is 11.0 Å². The van der Waals surface area contributed by atoms with Crippen molar-refractivity contribution in [3.63, 3.8) is 0 Å². The fourth-order valence-electron chi connectivity index (χ4n) is 5.06. The highest BCUT2D eigenvalue weighted by Crippen LogP contribution is 2.37. The molecule has 1 aliphatic carbocycles. The second kappa shape index (κ2) is 11.0. The number of aromatic nitrogens is 2. The molecule has 1 saturated carbocycles. The highest BCUT2D eigenvalue weighted by atomic mass is 32.2. The van der Waals surface area contributed by atoms with E-state index in [1.807, 2.05) is 0 Å². The maximum atomic E-state index is 13.6. The Labute approximate surface area is 233 Å². The number of thioether (sulfide) groups is 1. The van der Waals surface area contributed by atoms with Gasteiger partial charge in [0.1, 0.15) is 17.3 Å². The number of piperazine rings is 1. The van der Waals surface area contributed by atoms with Gasteiger partial charge >= 0.3 is 0 Å². The molecule has 2 saturated heterocycles. The summed E-state index contributed by atoms with van der Waals surface area (Å²) in [4.78, 5) is 38.9. The van der Waals surface area contributed by atoms with Crippen LogP contribution in [-0.2, 0) is 4.79 Å². The molecule has 2 aromatic rings. The Morgan fingerprint density at radius 2 is 2.02 bits per heavy atom. The zero-order valence-corrected chi connectivity index (χ0v) is 22.5. The lowest BCUT2D eigenvalue weighted by atomic mass is 9.99. The quantitative estimate of drug-likeness (QED) is 0.513. The maximum Gasteiger partial charge on any atom is 0.280 e. The van der Waals surface area contributed by atoms with Gasteiger partial charge in [-0.15, -0.1) is 0 Å². The number of pyridine rings is 2. The third-order valence-corrected chi connectivity index (χ3v) is 8.17. The van der Waals surface area contributed by atoms with Crippen molar-refractivity contribution in [3.05, 3.63) is 35.8 Å². The Balaban J connectivity index is 1.33. The Morgan fingerprint density at radius 1 is 1.18 bits per heavy atom. The minimum atomic E-state index is -2.83. The van der Waals surface area contributed by atoms with E-state index in [2.05, 4.69) is 42.6 Å². The first kappa shape index (κ1) is 26.5. The molecule has 2 unspecified atom stereocenters. The van der Waals surface area contributed by atoms with Gasteiger partial charge in [-0.05, 0) is 62.0 Å². The normalized spacial score (nSPS) is 22.4. The monoisotopic (exact) mass is 567 g/mol. The molecule has 6 rings (SSSR count). The largest absolute Gasteiger partial charge is 0.494 e. The second-order valence-corrected chi connectivity index (χ2v) is 11.0. The van der Waals surface area contributed by atoms with Crippen molar-refractivity contribution in [1.29, 1.82) is 0 Å². The zero-order chi connectivity index (χ0) is 27.8. The molecule has 13 heteroatoms. The molecule has 0 aromatic carbocycles. The lowest BCUT2D eigenvalue weighted by Crippen LogP contribution is -2.54. The number of nitrogens with zero attached hydrogens (tertiary/aromatic N) is 5. The molecule has 10 nitrogen and oxygen atoms in total. The van der Waals surface area contributed by atoms with Gasteiger partial charge in [-0.3, -0.25) is 29.8 Å². The number of nitrogens with one attached hydrogen (secondary N) is 2. The van der Waals surface area contributed by atoms with Gasteiger partial charge in [0, 0.05) is 36.3 Å². The average Bonchev–Trinajstić information content (AvgIpc) is 3.47. The summed E-state index contributed by atoms with van der Waals surface area (Å²) in [5.74, 6) is 6.56. The number of halogens is 2. The Hall–Kier alpha value is -3.76. The summed E-state index contributed by atoms with van der Waals surface area (Å²) in [6, 6.07) is 2.58.